The van der Waals surface area contributed by atoms with E-state index in [0.717, 1.165) is 6.42 Å². The molecule has 15 heavy (non-hydrogen) atoms. The van der Waals surface area contributed by atoms with Gasteiger partial charge >= 0.3 is 0 Å². The molecule has 0 aromatic heterocycles. The predicted octanol–water partition coefficient (Wildman–Crippen LogP) is 2.88. The largest absolute Gasteiger partial charge is 0.315 e. The Morgan fingerprint density at radius 2 is 1.87 bits per heavy atom. The molecular formula is C13H21NS. The van der Waals surface area contributed by atoms with Crippen LogP contribution < -0.4 is 5.32 Å². The lowest BCUT2D eigenvalue weighted by Gasteiger charge is -2.08. The van der Waals surface area contributed by atoms with E-state index in [-0.39, 0.29) is 0 Å². The Labute approximate surface area is 97.7 Å². The number of thioether (sulfide) groups is 1. The van der Waals surface area contributed by atoms with Crippen molar-refractivity contribution < 1.29 is 0 Å². The first-order chi connectivity index (χ1) is 7.34. The maximum Gasteiger partial charge on any atom is 0.00585 e. The first-order valence-electron chi connectivity index (χ1n) is 5.67. The Morgan fingerprint density at radius 3 is 2.20 bits per heavy atom. The van der Waals surface area contributed by atoms with Crippen LogP contribution in [0.25, 0.3) is 0 Å². The maximum absolute atomic E-state index is 3.26. The molecule has 2 heteroatoms. The summed E-state index contributed by atoms with van der Waals surface area (Å²) in [5.74, 6) is 2.61. The molecule has 0 saturated carbocycles. The van der Waals surface area contributed by atoms with Gasteiger partial charge in [0.2, 0.25) is 0 Å². The molecule has 0 spiro atoms. The molecule has 0 radical (unpaired) electrons. The van der Waals surface area contributed by atoms with Crippen molar-refractivity contribution in [2.75, 3.05) is 24.6 Å². The zero-order valence-corrected chi connectivity index (χ0v) is 10.6. The van der Waals surface area contributed by atoms with Gasteiger partial charge in [0.05, 0.1) is 0 Å². The summed E-state index contributed by atoms with van der Waals surface area (Å²) in [7, 11) is 0. The summed E-state index contributed by atoms with van der Waals surface area (Å²) in [6, 6.07) is 8.49. The third-order valence-corrected chi connectivity index (χ3v) is 3.47. The lowest BCUT2D eigenvalue weighted by Crippen LogP contribution is -2.24. The van der Waals surface area contributed by atoms with Crippen LogP contribution in [0.4, 0.5) is 0 Å². The summed E-state index contributed by atoms with van der Waals surface area (Å²) in [5, 5.41) is 3.26. The number of hydrogen-bond donors (Lipinski definition) is 1. The highest BCUT2D eigenvalue weighted by atomic mass is 32.2. The van der Waals surface area contributed by atoms with Crippen LogP contribution in [0.2, 0.25) is 0 Å². The summed E-state index contributed by atoms with van der Waals surface area (Å²) < 4.78 is 0. The van der Waals surface area contributed by atoms with E-state index in [1.165, 1.54) is 35.7 Å². The van der Waals surface area contributed by atoms with Crippen molar-refractivity contribution >= 4 is 11.8 Å². The van der Waals surface area contributed by atoms with Crippen LogP contribution in [0.1, 0.15) is 18.1 Å². The SMILES string of the molecule is C1CSCCN1.CCc1ccccc1C. The molecule has 0 amide bonds. The standard InChI is InChI=1S/C9H12.C4H9NS/c1-3-9-7-5-4-6-8(9)2;1-3-6-4-2-5-1/h4-7H,3H2,1-2H3;5H,1-4H2. The van der Waals surface area contributed by atoms with Gasteiger partial charge in [-0.3, -0.25) is 0 Å². The highest BCUT2D eigenvalue weighted by molar-refractivity contribution is 7.99. The van der Waals surface area contributed by atoms with E-state index in [9.17, 15) is 0 Å². The summed E-state index contributed by atoms with van der Waals surface area (Å²) in [4.78, 5) is 0. The molecule has 0 bridgehead atoms. The zero-order valence-electron chi connectivity index (χ0n) is 9.75. The third kappa shape index (κ3) is 5.24. The predicted molar refractivity (Wildman–Crippen MR) is 70.8 cm³/mol. The second-order valence-electron chi connectivity index (χ2n) is 3.64. The van der Waals surface area contributed by atoms with Crippen molar-refractivity contribution in [2.45, 2.75) is 20.3 Å². The fourth-order valence-corrected chi connectivity index (χ4v) is 2.30. The minimum absolute atomic E-state index is 1.15. The highest BCUT2D eigenvalue weighted by Gasteiger charge is 1.93. The Bertz CT molecular complexity index is 257. The molecule has 1 saturated heterocycles. The normalized spacial score (nSPS) is 15.3. The van der Waals surface area contributed by atoms with Gasteiger partial charge in [-0.25, -0.2) is 0 Å². The Kier molecular flexibility index (Phi) is 6.53. The first kappa shape index (κ1) is 12.6. The van der Waals surface area contributed by atoms with Crippen molar-refractivity contribution in [3.8, 4) is 0 Å². The number of rotatable bonds is 1. The van der Waals surface area contributed by atoms with Gasteiger partial charge in [-0.1, -0.05) is 31.2 Å². The fourth-order valence-electron chi connectivity index (χ4n) is 1.52. The van der Waals surface area contributed by atoms with Gasteiger partial charge in [-0.05, 0) is 24.5 Å². The molecule has 0 aliphatic carbocycles. The topological polar surface area (TPSA) is 12.0 Å². The average molecular weight is 223 g/mol. The van der Waals surface area contributed by atoms with Gasteiger partial charge in [0.25, 0.3) is 0 Å². The van der Waals surface area contributed by atoms with E-state index in [1.54, 1.807) is 0 Å². The van der Waals surface area contributed by atoms with Gasteiger partial charge in [0.15, 0.2) is 0 Å². The van der Waals surface area contributed by atoms with Gasteiger partial charge in [-0.2, -0.15) is 11.8 Å². The average Bonchev–Trinajstić information content (AvgIpc) is 2.33. The van der Waals surface area contributed by atoms with Gasteiger partial charge in [-0.15, -0.1) is 0 Å². The number of benzene rings is 1. The minimum Gasteiger partial charge on any atom is -0.315 e. The lowest BCUT2D eigenvalue weighted by atomic mass is 10.1. The second kappa shape index (κ2) is 7.77. The number of aryl methyl sites for hydroxylation is 2. The smallest absolute Gasteiger partial charge is 0.00585 e. The summed E-state index contributed by atoms with van der Waals surface area (Å²) >= 11 is 2.03. The zero-order chi connectivity index (χ0) is 10.9. The summed E-state index contributed by atoms with van der Waals surface area (Å²) in [5.41, 5.74) is 2.86. The molecule has 1 aromatic rings. The molecule has 1 nitrogen and oxygen atoms in total. The first-order valence-corrected chi connectivity index (χ1v) is 6.83. The highest BCUT2D eigenvalue weighted by Crippen LogP contribution is 2.06. The summed E-state index contributed by atoms with van der Waals surface area (Å²) in [6.07, 6.45) is 1.15. The van der Waals surface area contributed by atoms with Crippen molar-refractivity contribution in [3.05, 3.63) is 35.4 Å². The van der Waals surface area contributed by atoms with Crippen LogP contribution >= 0.6 is 11.8 Å². The number of nitrogens with one attached hydrogen (secondary N) is 1. The van der Waals surface area contributed by atoms with Gasteiger partial charge in [0, 0.05) is 24.6 Å². The molecule has 1 aromatic carbocycles. The minimum atomic E-state index is 1.15. The van der Waals surface area contributed by atoms with Crippen molar-refractivity contribution in [2.24, 2.45) is 0 Å². The van der Waals surface area contributed by atoms with Crippen molar-refractivity contribution in [1.82, 2.24) is 5.32 Å². The molecular weight excluding hydrogens is 202 g/mol. The van der Waals surface area contributed by atoms with E-state index in [1.807, 2.05) is 11.8 Å². The summed E-state index contributed by atoms with van der Waals surface area (Å²) in [6.45, 7) is 6.76. The molecule has 2 rings (SSSR count). The molecule has 1 heterocycles. The van der Waals surface area contributed by atoms with E-state index >= 15 is 0 Å². The van der Waals surface area contributed by atoms with Crippen LogP contribution in [0, 0.1) is 6.92 Å². The van der Waals surface area contributed by atoms with E-state index < -0.39 is 0 Å². The Hall–Kier alpha value is -0.470. The van der Waals surface area contributed by atoms with Crippen molar-refractivity contribution in [1.29, 1.82) is 0 Å². The van der Waals surface area contributed by atoms with Crippen LogP contribution in [-0.4, -0.2) is 24.6 Å². The van der Waals surface area contributed by atoms with Gasteiger partial charge in [0.1, 0.15) is 0 Å². The molecule has 1 aliphatic heterocycles. The number of hydrogen-bond acceptors (Lipinski definition) is 2. The maximum atomic E-state index is 3.26. The monoisotopic (exact) mass is 223 g/mol. The van der Waals surface area contributed by atoms with E-state index in [0.29, 0.717) is 0 Å². The molecule has 1 aliphatic rings. The molecule has 84 valence electrons. The van der Waals surface area contributed by atoms with Crippen LogP contribution in [0.3, 0.4) is 0 Å². The van der Waals surface area contributed by atoms with Crippen LogP contribution in [0.5, 0.6) is 0 Å². The lowest BCUT2D eigenvalue weighted by molar-refractivity contribution is 0.756. The molecule has 1 fully saturated rings. The molecule has 0 atom stereocenters. The Morgan fingerprint density at radius 1 is 1.20 bits per heavy atom. The molecule has 1 N–H and O–H groups in total. The quantitative estimate of drug-likeness (QED) is 0.785. The fraction of sp³-hybridized carbons (Fsp3) is 0.538. The van der Waals surface area contributed by atoms with E-state index in [4.69, 9.17) is 0 Å². The van der Waals surface area contributed by atoms with Crippen molar-refractivity contribution in [3.63, 3.8) is 0 Å². The van der Waals surface area contributed by atoms with E-state index in [2.05, 4.69) is 43.4 Å². The molecule has 0 unspecified atom stereocenters. The second-order valence-corrected chi connectivity index (χ2v) is 4.87. The Balaban J connectivity index is 0.000000162. The van der Waals surface area contributed by atoms with Gasteiger partial charge < -0.3 is 5.32 Å². The van der Waals surface area contributed by atoms with Crippen LogP contribution in [-0.2, 0) is 6.42 Å². The third-order valence-electron chi connectivity index (χ3n) is 2.49. The van der Waals surface area contributed by atoms with Crippen LogP contribution in [0.15, 0.2) is 24.3 Å².